The molecule has 26 heavy (non-hydrogen) atoms. The minimum atomic E-state index is -1.85. The quantitative estimate of drug-likeness (QED) is 0.403. The van der Waals surface area contributed by atoms with E-state index in [0.717, 1.165) is 34.9 Å². The van der Waals surface area contributed by atoms with Crippen molar-refractivity contribution < 1.29 is 13.9 Å². The zero-order chi connectivity index (χ0) is 20.2. The van der Waals surface area contributed by atoms with Crippen molar-refractivity contribution in [2.75, 3.05) is 0 Å². The van der Waals surface area contributed by atoms with E-state index in [1.807, 2.05) is 0 Å². The van der Waals surface area contributed by atoms with Gasteiger partial charge in [-0.1, -0.05) is 53.8 Å². The molecule has 1 aromatic heterocycles. The molecule has 0 fully saturated rings. The molecular weight excluding hydrogens is 356 g/mol. The normalized spacial score (nSPS) is 12.8. The fourth-order valence-electron chi connectivity index (χ4n) is 2.34. The average molecular weight is 395 g/mol. The van der Waals surface area contributed by atoms with E-state index in [0.29, 0.717) is 6.61 Å². The maximum absolute atomic E-state index is 10.0. The minimum absolute atomic E-state index is 0.0362. The number of unbranched alkanes of at least 4 members (excludes halogenated alkanes) is 1. The van der Waals surface area contributed by atoms with Crippen LogP contribution in [0.1, 0.15) is 57.4 Å². The number of aliphatic hydroxyl groups is 1. The molecule has 3 nitrogen and oxygen atoms in total. The van der Waals surface area contributed by atoms with E-state index < -0.39 is 16.4 Å². The molecule has 0 radical (unpaired) electrons. The number of rotatable bonds is 8. The molecule has 0 bridgehead atoms. The summed E-state index contributed by atoms with van der Waals surface area (Å²) in [6.45, 7) is 20.7. The van der Waals surface area contributed by atoms with Gasteiger partial charge in [0.25, 0.3) is 0 Å². The first kappa shape index (κ1) is 23.2. The molecule has 0 unspecified atom stereocenters. The van der Waals surface area contributed by atoms with E-state index in [4.69, 9.17) is 8.84 Å². The molecule has 5 heteroatoms. The van der Waals surface area contributed by atoms with Crippen LogP contribution >= 0.6 is 0 Å². The lowest BCUT2D eigenvalue weighted by Gasteiger charge is -2.36. The highest BCUT2D eigenvalue weighted by molar-refractivity contribution is 6.93. The van der Waals surface area contributed by atoms with Crippen molar-refractivity contribution in [3.8, 4) is 0 Å². The fraction of sp³-hybridized carbons (Fsp3) is 0.667. The Hall–Kier alpha value is -0.846. The Morgan fingerprint density at radius 2 is 1.85 bits per heavy atom. The SMILES string of the molecule is CCCC=C=C(c1occ(CO[Si](C)(C)C(C)(C)C)c1CO)[Si](C)(C)C. The van der Waals surface area contributed by atoms with Crippen LogP contribution in [0.25, 0.3) is 5.20 Å². The Morgan fingerprint density at radius 1 is 1.23 bits per heavy atom. The summed E-state index contributed by atoms with van der Waals surface area (Å²) in [5.74, 6) is 0.799. The molecule has 0 aromatic carbocycles. The van der Waals surface area contributed by atoms with Gasteiger partial charge in [-0.05, 0) is 30.6 Å². The van der Waals surface area contributed by atoms with Gasteiger partial charge >= 0.3 is 0 Å². The van der Waals surface area contributed by atoms with E-state index in [1.54, 1.807) is 6.26 Å². The zero-order valence-corrected chi connectivity index (χ0v) is 20.2. The van der Waals surface area contributed by atoms with E-state index in [-0.39, 0.29) is 11.6 Å². The monoisotopic (exact) mass is 394 g/mol. The highest BCUT2D eigenvalue weighted by atomic mass is 28.4. The second-order valence-corrected chi connectivity index (χ2v) is 19.3. The average Bonchev–Trinajstić information content (AvgIpc) is 2.89. The van der Waals surface area contributed by atoms with Crippen molar-refractivity contribution in [1.82, 2.24) is 0 Å². The molecule has 0 saturated carbocycles. The van der Waals surface area contributed by atoms with Gasteiger partial charge in [0.1, 0.15) is 5.76 Å². The number of hydrogen-bond acceptors (Lipinski definition) is 3. The van der Waals surface area contributed by atoms with E-state index in [2.05, 4.69) is 72.2 Å². The maximum Gasteiger partial charge on any atom is 0.192 e. The Labute approximate surface area is 162 Å². The predicted octanol–water partition coefficient (Wildman–Crippen LogP) is 6.51. The second-order valence-electron chi connectivity index (χ2n) is 9.54. The van der Waals surface area contributed by atoms with Crippen molar-refractivity contribution in [3.05, 3.63) is 35.0 Å². The van der Waals surface area contributed by atoms with Gasteiger partial charge in [-0.25, -0.2) is 0 Å². The van der Waals surface area contributed by atoms with Crippen LogP contribution in [0.3, 0.4) is 0 Å². The Bertz CT molecular complexity index is 652. The number of allylic oxidation sites excluding steroid dienone is 1. The zero-order valence-electron chi connectivity index (χ0n) is 18.2. The Morgan fingerprint density at radius 3 is 2.31 bits per heavy atom. The standard InChI is InChI=1S/C21H38O3Si2/c1-10-11-12-13-19(25(5,6)7)20-18(14-22)17(15-23-20)16-24-26(8,9)21(2,3)4/h12,15,22H,10-11,14,16H2,1-9H3. The molecule has 1 rings (SSSR count). The molecule has 0 aliphatic carbocycles. The van der Waals surface area contributed by atoms with Crippen molar-refractivity contribution >= 4 is 21.6 Å². The maximum atomic E-state index is 10.0. The molecule has 0 aliphatic rings. The summed E-state index contributed by atoms with van der Waals surface area (Å²) in [5, 5.41) is 11.3. The van der Waals surface area contributed by atoms with Crippen LogP contribution in [-0.4, -0.2) is 21.5 Å². The lowest BCUT2D eigenvalue weighted by atomic mass is 10.1. The van der Waals surface area contributed by atoms with Crippen molar-refractivity contribution in [3.63, 3.8) is 0 Å². The minimum Gasteiger partial charge on any atom is -0.464 e. The molecule has 1 N–H and O–H groups in total. The molecule has 148 valence electrons. The highest BCUT2D eigenvalue weighted by Crippen LogP contribution is 2.38. The van der Waals surface area contributed by atoms with Crippen LogP contribution in [0.5, 0.6) is 0 Å². The first-order chi connectivity index (χ1) is 11.8. The number of hydrogen-bond donors (Lipinski definition) is 1. The van der Waals surface area contributed by atoms with E-state index in [1.165, 1.54) is 0 Å². The highest BCUT2D eigenvalue weighted by Gasteiger charge is 2.37. The summed E-state index contributed by atoms with van der Waals surface area (Å²) < 4.78 is 12.3. The van der Waals surface area contributed by atoms with Gasteiger partial charge in [0.15, 0.2) is 8.32 Å². The van der Waals surface area contributed by atoms with Crippen LogP contribution in [0.2, 0.25) is 37.8 Å². The second kappa shape index (κ2) is 8.90. The first-order valence-electron chi connectivity index (χ1n) is 9.65. The summed E-state index contributed by atoms with van der Waals surface area (Å²) in [4.78, 5) is 0. The Balaban J connectivity index is 3.23. The summed E-state index contributed by atoms with van der Waals surface area (Å²) >= 11 is 0. The number of aliphatic hydroxyl groups excluding tert-OH is 1. The topological polar surface area (TPSA) is 42.6 Å². The van der Waals surface area contributed by atoms with Gasteiger partial charge in [-0.15, -0.1) is 5.73 Å². The molecule has 1 aromatic rings. The lowest BCUT2D eigenvalue weighted by Crippen LogP contribution is -2.40. The van der Waals surface area contributed by atoms with Crippen LogP contribution < -0.4 is 0 Å². The number of furan rings is 1. The molecule has 0 atom stereocenters. The summed E-state index contributed by atoms with van der Waals surface area (Å²) in [6, 6.07) is 0. The molecular formula is C21H38O3Si2. The third-order valence-corrected chi connectivity index (χ3v) is 11.5. The third-order valence-electron chi connectivity index (χ3n) is 5.19. The van der Waals surface area contributed by atoms with Crippen molar-refractivity contribution in [2.24, 2.45) is 0 Å². The van der Waals surface area contributed by atoms with Crippen molar-refractivity contribution in [2.45, 2.75) is 91.5 Å². The van der Waals surface area contributed by atoms with Gasteiger partial charge in [0.2, 0.25) is 0 Å². The molecule has 0 aliphatic heterocycles. The van der Waals surface area contributed by atoms with Gasteiger partial charge in [-0.3, -0.25) is 0 Å². The molecule has 0 saturated heterocycles. The van der Waals surface area contributed by atoms with Gasteiger partial charge < -0.3 is 13.9 Å². The predicted molar refractivity (Wildman–Crippen MR) is 116 cm³/mol. The lowest BCUT2D eigenvalue weighted by molar-refractivity contribution is 0.259. The summed E-state index contributed by atoms with van der Waals surface area (Å²) in [5.41, 5.74) is 5.30. The van der Waals surface area contributed by atoms with E-state index in [9.17, 15) is 5.11 Å². The third kappa shape index (κ3) is 5.83. The van der Waals surface area contributed by atoms with Crippen molar-refractivity contribution in [1.29, 1.82) is 0 Å². The van der Waals surface area contributed by atoms with Crippen LogP contribution in [0, 0.1) is 0 Å². The van der Waals surface area contributed by atoms with Crippen LogP contribution in [0.15, 0.2) is 22.5 Å². The van der Waals surface area contributed by atoms with Gasteiger partial charge in [0, 0.05) is 16.3 Å². The molecule has 0 amide bonds. The summed E-state index contributed by atoms with van der Waals surface area (Å²) in [7, 11) is -3.51. The Kier molecular flexibility index (Phi) is 7.93. The van der Waals surface area contributed by atoms with Crippen LogP contribution in [-0.2, 0) is 17.6 Å². The summed E-state index contributed by atoms with van der Waals surface area (Å²) in [6.07, 6.45) is 5.96. The molecule has 1 heterocycles. The smallest absolute Gasteiger partial charge is 0.192 e. The van der Waals surface area contributed by atoms with Crippen LogP contribution in [0.4, 0.5) is 0 Å². The largest absolute Gasteiger partial charge is 0.464 e. The fourth-order valence-corrected chi connectivity index (χ4v) is 4.71. The van der Waals surface area contributed by atoms with E-state index >= 15 is 0 Å². The molecule has 0 spiro atoms. The first-order valence-corrected chi connectivity index (χ1v) is 16.1. The van der Waals surface area contributed by atoms with Gasteiger partial charge in [0.05, 0.1) is 27.6 Å². The van der Waals surface area contributed by atoms with Gasteiger partial charge in [-0.2, -0.15) is 0 Å².